The lowest BCUT2D eigenvalue weighted by molar-refractivity contribution is -0.119. The standard InChI is InChI=1S/C20H26N4OS/c1-12-4-5-16(10-13(12)2)14(3)21-18(25)11-26-20-23-22-19(15-6-7-15)24(20)17-8-9-17/h4-5,10,14-15,17H,6-9,11H2,1-3H3,(H,21,25)/t14-/m1/s1. The Hall–Kier alpha value is -1.82. The van der Waals surface area contributed by atoms with Crippen molar-refractivity contribution in [3.05, 3.63) is 40.7 Å². The average molecular weight is 371 g/mol. The van der Waals surface area contributed by atoms with E-state index < -0.39 is 0 Å². The van der Waals surface area contributed by atoms with E-state index in [4.69, 9.17) is 0 Å². The Morgan fingerprint density at radius 1 is 1.23 bits per heavy atom. The van der Waals surface area contributed by atoms with E-state index in [-0.39, 0.29) is 11.9 Å². The van der Waals surface area contributed by atoms with Crippen LogP contribution < -0.4 is 5.32 Å². The first-order valence-electron chi connectivity index (χ1n) is 9.47. The summed E-state index contributed by atoms with van der Waals surface area (Å²) in [5, 5.41) is 12.8. The van der Waals surface area contributed by atoms with Crippen molar-refractivity contribution in [1.82, 2.24) is 20.1 Å². The van der Waals surface area contributed by atoms with Crippen LogP contribution in [0, 0.1) is 13.8 Å². The van der Waals surface area contributed by atoms with Crippen LogP contribution in [0.1, 0.15) is 73.1 Å². The zero-order valence-electron chi connectivity index (χ0n) is 15.7. The molecule has 2 aromatic rings. The molecule has 2 aliphatic rings. The molecule has 0 saturated heterocycles. The number of carbonyl (C=O) groups is 1. The lowest BCUT2D eigenvalue weighted by Gasteiger charge is -2.15. The van der Waals surface area contributed by atoms with Crippen molar-refractivity contribution < 1.29 is 4.79 Å². The Labute approximate surface area is 159 Å². The maximum absolute atomic E-state index is 12.4. The summed E-state index contributed by atoms with van der Waals surface area (Å²) in [6.45, 7) is 6.24. The third-order valence-electron chi connectivity index (χ3n) is 5.29. The van der Waals surface area contributed by atoms with Crippen molar-refractivity contribution in [2.24, 2.45) is 0 Å². The summed E-state index contributed by atoms with van der Waals surface area (Å²) in [7, 11) is 0. The second-order valence-corrected chi connectivity index (χ2v) is 8.58. The van der Waals surface area contributed by atoms with Crippen molar-refractivity contribution in [2.75, 3.05) is 5.75 Å². The molecule has 2 saturated carbocycles. The number of benzene rings is 1. The molecular formula is C20H26N4OS. The van der Waals surface area contributed by atoms with Gasteiger partial charge in [0.25, 0.3) is 0 Å². The SMILES string of the molecule is Cc1ccc([C@@H](C)NC(=O)CSc2nnc(C3CC3)n2C2CC2)cc1C. The fourth-order valence-corrected chi connectivity index (χ4v) is 4.04. The average Bonchev–Trinajstić information content (AvgIpc) is 3.54. The normalized spacial score (nSPS) is 18.0. The Bertz CT molecular complexity index is 823. The number of hydrogen-bond acceptors (Lipinski definition) is 4. The lowest BCUT2D eigenvalue weighted by atomic mass is 10.0. The number of nitrogens with one attached hydrogen (secondary N) is 1. The van der Waals surface area contributed by atoms with Crippen LogP contribution in [0.25, 0.3) is 0 Å². The summed E-state index contributed by atoms with van der Waals surface area (Å²) >= 11 is 1.51. The number of thioether (sulfide) groups is 1. The van der Waals surface area contributed by atoms with Gasteiger partial charge in [-0.05, 0) is 63.1 Å². The van der Waals surface area contributed by atoms with Crippen LogP contribution in [0.15, 0.2) is 23.4 Å². The number of hydrogen-bond donors (Lipinski definition) is 1. The Morgan fingerprint density at radius 3 is 2.65 bits per heavy atom. The number of nitrogens with zero attached hydrogens (tertiary/aromatic N) is 3. The molecule has 1 heterocycles. The molecule has 26 heavy (non-hydrogen) atoms. The molecule has 0 bridgehead atoms. The van der Waals surface area contributed by atoms with Gasteiger partial charge >= 0.3 is 0 Å². The summed E-state index contributed by atoms with van der Waals surface area (Å²) in [5.74, 6) is 2.15. The van der Waals surface area contributed by atoms with E-state index in [1.807, 2.05) is 6.92 Å². The smallest absolute Gasteiger partial charge is 0.230 e. The highest BCUT2D eigenvalue weighted by atomic mass is 32.2. The fourth-order valence-electron chi connectivity index (χ4n) is 3.21. The molecule has 2 aliphatic carbocycles. The Kier molecular flexibility index (Phi) is 4.78. The van der Waals surface area contributed by atoms with E-state index in [2.05, 4.69) is 52.1 Å². The molecule has 5 nitrogen and oxygen atoms in total. The molecule has 1 atom stereocenters. The van der Waals surface area contributed by atoms with Gasteiger partial charge in [0, 0.05) is 12.0 Å². The van der Waals surface area contributed by atoms with Crippen molar-refractivity contribution in [3.8, 4) is 0 Å². The van der Waals surface area contributed by atoms with Gasteiger partial charge in [-0.25, -0.2) is 0 Å². The molecule has 1 aromatic heterocycles. The van der Waals surface area contributed by atoms with Crippen LogP contribution in [-0.2, 0) is 4.79 Å². The third kappa shape index (κ3) is 3.80. The van der Waals surface area contributed by atoms with E-state index >= 15 is 0 Å². The van der Waals surface area contributed by atoms with E-state index in [0.717, 1.165) is 16.5 Å². The van der Waals surface area contributed by atoms with Crippen molar-refractivity contribution in [3.63, 3.8) is 0 Å². The molecular weight excluding hydrogens is 344 g/mol. The number of rotatable bonds is 7. The van der Waals surface area contributed by atoms with Crippen molar-refractivity contribution in [1.29, 1.82) is 0 Å². The molecule has 1 amide bonds. The Morgan fingerprint density at radius 2 is 2.00 bits per heavy atom. The van der Waals surface area contributed by atoms with Crippen LogP contribution in [-0.4, -0.2) is 26.4 Å². The zero-order chi connectivity index (χ0) is 18.3. The van der Waals surface area contributed by atoms with Gasteiger partial charge in [-0.3, -0.25) is 4.79 Å². The van der Waals surface area contributed by atoms with Gasteiger partial charge in [0.05, 0.1) is 11.8 Å². The van der Waals surface area contributed by atoms with Gasteiger partial charge in [0.2, 0.25) is 5.91 Å². The van der Waals surface area contributed by atoms with Crippen LogP contribution in [0.2, 0.25) is 0 Å². The quantitative estimate of drug-likeness (QED) is 0.746. The van der Waals surface area contributed by atoms with Gasteiger partial charge < -0.3 is 9.88 Å². The first-order chi connectivity index (χ1) is 12.5. The van der Waals surface area contributed by atoms with Gasteiger partial charge in [0.1, 0.15) is 5.82 Å². The Balaban J connectivity index is 1.36. The minimum absolute atomic E-state index is 0.00530. The zero-order valence-corrected chi connectivity index (χ0v) is 16.5. The third-order valence-corrected chi connectivity index (χ3v) is 6.23. The second-order valence-electron chi connectivity index (χ2n) is 7.64. The summed E-state index contributed by atoms with van der Waals surface area (Å²) in [5.41, 5.74) is 3.67. The number of aryl methyl sites for hydroxylation is 2. The largest absolute Gasteiger partial charge is 0.349 e. The molecule has 2 fully saturated rings. The summed E-state index contributed by atoms with van der Waals surface area (Å²) in [4.78, 5) is 12.4. The van der Waals surface area contributed by atoms with Gasteiger partial charge in [0.15, 0.2) is 5.16 Å². The summed E-state index contributed by atoms with van der Waals surface area (Å²) in [6.07, 6.45) is 4.87. The molecule has 1 N–H and O–H groups in total. The topological polar surface area (TPSA) is 59.8 Å². The number of aromatic nitrogens is 3. The van der Waals surface area contributed by atoms with Crippen LogP contribution in [0.3, 0.4) is 0 Å². The van der Waals surface area contributed by atoms with Crippen molar-refractivity contribution in [2.45, 2.75) is 69.6 Å². The maximum Gasteiger partial charge on any atom is 0.230 e. The maximum atomic E-state index is 12.4. The predicted molar refractivity (Wildman–Crippen MR) is 103 cm³/mol. The van der Waals surface area contributed by atoms with Gasteiger partial charge in [-0.15, -0.1) is 10.2 Å². The van der Waals surface area contributed by atoms with E-state index in [1.54, 1.807) is 0 Å². The molecule has 1 aromatic carbocycles. The van der Waals surface area contributed by atoms with Gasteiger partial charge in [-0.2, -0.15) is 0 Å². The first kappa shape index (κ1) is 17.6. The number of carbonyl (C=O) groups excluding carboxylic acids is 1. The van der Waals surface area contributed by atoms with Gasteiger partial charge in [-0.1, -0.05) is 30.0 Å². The molecule has 138 valence electrons. The molecule has 0 spiro atoms. The molecule has 6 heteroatoms. The highest BCUT2D eigenvalue weighted by Gasteiger charge is 2.36. The molecule has 0 aliphatic heterocycles. The molecule has 0 unspecified atom stereocenters. The van der Waals surface area contributed by atoms with Crippen LogP contribution >= 0.6 is 11.8 Å². The van der Waals surface area contributed by atoms with Crippen LogP contribution in [0.5, 0.6) is 0 Å². The van der Waals surface area contributed by atoms with E-state index in [0.29, 0.717) is 17.7 Å². The minimum Gasteiger partial charge on any atom is -0.349 e. The monoisotopic (exact) mass is 370 g/mol. The first-order valence-corrected chi connectivity index (χ1v) is 10.5. The second kappa shape index (κ2) is 7.06. The van der Waals surface area contributed by atoms with E-state index in [1.165, 1.54) is 48.6 Å². The molecule has 0 radical (unpaired) electrons. The lowest BCUT2D eigenvalue weighted by Crippen LogP contribution is -2.28. The van der Waals surface area contributed by atoms with E-state index in [9.17, 15) is 4.79 Å². The highest BCUT2D eigenvalue weighted by molar-refractivity contribution is 7.99. The summed E-state index contributed by atoms with van der Waals surface area (Å²) in [6, 6.07) is 6.91. The summed E-state index contributed by atoms with van der Waals surface area (Å²) < 4.78 is 2.29. The molecule has 4 rings (SSSR count). The fraction of sp³-hybridized carbons (Fsp3) is 0.550. The number of amides is 1. The highest BCUT2D eigenvalue weighted by Crippen LogP contribution is 2.45. The van der Waals surface area contributed by atoms with Crippen LogP contribution in [0.4, 0.5) is 0 Å². The van der Waals surface area contributed by atoms with Crippen molar-refractivity contribution >= 4 is 17.7 Å². The minimum atomic E-state index is 0.00530. The predicted octanol–water partition coefficient (Wildman–Crippen LogP) is 4.08.